The molecule has 0 N–H and O–H groups in total. The monoisotopic (exact) mass is 123 g/mol. The second-order valence-electron chi connectivity index (χ2n) is 3.49. The largest absolute Gasteiger partial charge is 0.0530 e. The first-order valence-electron chi connectivity index (χ1n) is 4.31. The summed E-state index contributed by atoms with van der Waals surface area (Å²) in [5, 5.41) is 0. The lowest BCUT2D eigenvalue weighted by Crippen LogP contribution is -2.10. The SMILES string of the molecule is C1CCC2CCC[C]2C1. The van der Waals surface area contributed by atoms with Crippen LogP contribution in [0.15, 0.2) is 0 Å². The highest BCUT2D eigenvalue weighted by Gasteiger charge is 2.29. The smallest absolute Gasteiger partial charge is 0.0210 e. The number of rotatable bonds is 0. The second kappa shape index (κ2) is 2.32. The number of hydrogen-bond acceptors (Lipinski definition) is 0. The lowest BCUT2D eigenvalue weighted by molar-refractivity contribution is 0.418. The molecule has 2 fully saturated rings. The van der Waals surface area contributed by atoms with Gasteiger partial charge in [0.25, 0.3) is 0 Å². The molecular weight excluding hydrogens is 108 g/mol. The predicted molar refractivity (Wildman–Crippen MR) is 39.1 cm³/mol. The molecule has 0 saturated heterocycles. The zero-order valence-electron chi connectivity index (χ0n) is 6.03. The molecule has 0 nitrogen and oxygen atoms in total. The molecular formula is C9H15. The summed E-state index contributed by atoms with van der Waals surface area (Å²) in [6.07, 6.45) is 10.5. The summed E-state index contributed by atoms with van der Waals surface area (Å²) in [6, 6.07) is 0. The predicted octanol–water partition coefficient (Wildman–Crippen LogP) is 2.93. The quantitative estimate of drug-likeness (QED) is 0.464. The normalized spacial score (nSPS) is 36.7. The van der Waals surface area contributed by atoms with Crippen LogP contribution in [0.3, 0.4) is 0 Å². The van der Waals surface area contributed by atoms with E-state index in [1.54, 1.807) is 0 Å². The molecule has 0 heterocycles. The second-order valence-corrected chi connectivity index (χ2v) is 3.49. The summed E-state index contributed by atoms with van der Waals surface area (Å²) in [5.41, 5.74) is 0. The van der Waals surface area contributed by atoms with E-state index in [0.717, 1.165) is 5.92 Å². The van der Waals surface area contributed by atoms with E-state index in [1.165, 1.54) is 44.9 Å². The molecule has 0 heteroatoms. The van der Waals surface area contributed by atoms with Crippen LogP contribution in [0.2, 0.25) is 0 Å². The van der Waals surface area contributed by atoms with Gasteiger partial charge in [0, 0.05) is 0 Å². The Kier molecular flexibility index (Phi) is 1.48. The Morgan fingerprint density at radius 1 is 0.889 bits per heavy atom. The maximum Gasteiger partial charge on any atom is -0.0210 e. The Morgan fingerprint density at radius 3 is 2.56 bits per heavy atom. The van der Waals surface area contributed by atoms with Crippen molar-refractivity contribution in [2.24, 2.45) is 5.92 Å². The van der Waals surface area contributed by atoms with Crippen molar-refractivity contribution >= 4 is 0 Å². The maximum atomic E-state index is 1.92. The summed E-state index contributed by atoms with van der Waals surface area (Å²) in [5.74, 6) is 3.00. The molecule has 0 aromatic rings. The van der Waals surface area contributed by atoms with Gasteiger partial charge in [0.1, 0.15) is 0 Å². The summed E-state index contributed by atoms with van der Waals surface area (Å²) < 4.78 is 0. The molecule has 9 heavy (non-hydrogen) atoms. The van der Waals surface area contributed by atoms with Gasteiger partial charge in [-0.3, -0.25) is 0 Å². The molecule has 1 atom stereocenters. The Bertz CT molecular complexity index is 84.2. The molecule has 0 aliphatic heterocycles. The van der Waals surface area contributed by atoms with Crippen molar-refractivity contribution < 1.29 is 0 Å². The van der Waals surface area contributed by atoms with Crippen LogP contribution in [-0.4, -0.2) is 0 Å². The summed E-state index contributed by atoms with van der Waals surface area (Å²) in [6.45, 7) is 0. The van der Waals surface area contributed by atoms with Gasteiger partial charge < -0.3 is 0 Å². The highest BCUT2D eigenvalue weighted by molar-refractivity contribution is 5.03. The van der Waals surface area contributed by atoms with E-state index >= 15 is 0 Å². The molecule has 0 bridgehead atoms. The van der Waals surface area contributed by atoms with E-state index in [4.69, 9.17) is 0 Å². The first-order chi connectivity index (χ1) is 4.47. The van der Waals surface area contributed by atoms with E-state index in [9.17, 15) is 0 Å². The zero-order valence-corrected chi connectivity index (χ0v) is 6.03. The highest BCUT2D eigenvalue weighted by atomic mass is 14.3. The standard InChI is InChI=1S/C9H15/c1-2-5-9-7-3-6-8(9)4-1/h8H,1-7H2. The molecule has 0 aromatic carbocycles. The molecule has 2 aliphatic rings. The van der Waals surface area contributed by atoms with Crippen LogP contribution < -0.4 is 0 Å². The fourth-order valence-corrected chi connectivity index (χ4v) is 2.40. The van der Waals surface area contributed by atoms with Crippen LogP contribution in [-0.2, 0) is 0 Å². The van der Waals surface area contributed by atoms with Crippen molar-refractivity contribution in [3.8, 4) is 0 Å². The van der Waals surface area contributed by atoms with Crippen LogP contribution in [0.5, 0.6) is 0 Å². The van der Waals surface area contributed by atoms with Crippen LogP contribution >= 0.6 is 0 Å². The van der Waals surface area contributed by atoms with Crippen LogP contribution in [0.1, 0.15) is 44.9 Å². The van der Waals surface area contributed by atoms with E-state index < -0.39 is 0 Å². The van der Waals surface area contributed by atoms with Gasteiger partial charge >= 0.3 is 0 Å². The van der Waals surface area contributed by atoms with E-state index in [0.29, 0.717) is 0 Å². The number of hydrogen-bond donors (Lipinski definition) is 0. The highest BCUT2D eigenvalue weighted by Crippen LogP contribution is 2.43. The fourth-order valence-electron chi connectivity index (χ4n) is 2.40. The van der Waals surface area contributed by atoms with Crippen molar-refractivity contribution in [1.82, 2.24) is 0 Å². The Hall–Kier alpha value is 0. The fraction of sp³-hybridized carbons (Fsp3) is 0.889. The molecule has 51 valence electrons. The average Bonchev–Trinajstić information content (AvgIpc) is 2.33. The molecule has 2 rings (SSSR count). The molecule has 0 spiro atoms. The first kappa shape index (κ1) is 5.76. The lowest BCUT2D eigenvalue weighted by Gasteiger charge is -2.23. The Labute approximate surface area is 57.6 Å². The molecule has 1 radical (unpaired) electrons. The van der Waals surface area contributed by atoms with Crippen molar-refractivity contribution in [1.29, 1.82) is 0 Å². The van der Waals surface area contributed by atoms with Gasteiger partial charge in [-0.15, -0.1) is 0 Å². The van der Waals surface area contributed by atoms with Crippen LogP contribution in [0, 0.1) is 11.8 Å². The minimum absolute atomic E-state index is 1.08. The van der Waals surface area contributed by atoms with Gasteiger partial charge in [-0.25, -0.2) is 0 Å². The summed E-state index contributed by atoms with van der Waals surface area (Å²) in [4.78, 5) is 0. The number of fused-ring (bicyclic) bond motifs is 1. The lowest BCUT2D eigenvalue weighted by atomic mass is 9.82. The van der Waals surface area contributed by atoms with E-state index in [-0.39, 0.29) is 0 Å². The van der Waals surface area contributed by atoms with Gasteiger partial charge in [0.15, 0.2) is 0 Å². The van der Waals surface area contributed by atoms with Gasteiger partial charge in [-0.1, -0.05) is 19.3 Å². The Balaban J connectivity index is 1.97. The third-order valence-corrected chi connectivity index (χ3v) is 2.93. The first-order valence-corrected chi connectivity index (χ1v) is 4.31. The third-order valence-electron chi connectivity index (χ3n) is 2.93. The topological polar surface area (TPSA) is 0 Å². The zero-order chi connectivity index (χ0) is 6.10. The van der Waals surface area contributed by atoms with Crippen molar-refractivity contribution in [2.45, 2.75) is 44.9 Å². The Morgan fingerprint density at radius 2 is 1.67 bits per heavy atom. The minimum atomic E-state index is 1.08. The average molecular weight is 123 g/mol. The summed E-state index contributed by atoms with van der Waals surface area (Å²) in [7, 11) is 0. The van der Waals surface area contributed by atoms with E-state index in [2.05, 4.69) is 0 Å². The van der Waals surface area contributed by atoms with Crippen molar-refractivity contribution in [2.75, 3.05) is 0 Å². The maximum absolute atomic E-state index is 1.92. The molecule has 1 unspecified atom stereocenters. The van der Waals surface area contributed by atoms with Crippen molar-refractivity contribution in [3.63, 3.8) is 0 Å². The third kappa shape index (κ3) is 0.997. The van der Waals surface area contributed by atoms with Gasteiger partial charge in [0.05, 0.1) is 0 Å². The molecule has 0 amide bonds. The van der Waals surface area contributed by atoms with Crippen LogP contribution in [0.25, 0.3) is 0 Å². The van der Waals surface area contributed by atoms with Gasteiger partial charge in [0.2, 0.25) is 0 Å². The van der Waals surface area contributed by atoms with Gasteiger partial charge in [-0.05, 0) is 37.5 Å². The molecule has 0 aromatic heterocycles. The van der Waals surface area contributed by atoms with E-state index in [1.807, 2.05) is 5.92 Å². The molecule has 2 aliphatic carbocycles. The minimum Gasteiger partial charge on any atom is -0.0530 e. The van der Waals surface area contributed by atoms with Gasteiger partial charge in [-0.2, -0.15) is 0 Å². The van der Waals surface area contributed by atoms with Crippen molar-refractivity contribution in [3.05, 3.63) is 5.92 Å². The van der Waals surface area contributed by atoms with Crippen LogP contribution in [0.4, 0.5) is 0 Å². The molecule has 2 saturated carbocycles. The summed E-state index contributed by atoms with van der Waals surface area (Å²) >= 11 is 0.